The normalized spacial score (nSPS) is 20.3. The topological polar surface area (TPSA) is 78.3 Å². The van der Waals surface area contributed by atoms with Crippen LogP contribution in [0.5, 0.6) is 0 Å². The van der Waals surface area contributed by atoms with E-state index in [1.807, 2.05) is 29.3 Å². The summed E-state index contributed by atoms with van der Waals surface area (Å²) >= 11 is 0. The van der Waals surface area contributed by atoms with Crippen LogP contribution in [-0.2, 0) is 24.1 Å². The molecule has 0 radical (unpaired) electrons. The van der Waals surface area contributed by atoms with E-state index in [9.17, 15) is 10.1 Å². The zero-order chi connectivity index (χ0) is 19.8. The molecule has 6 nitrogen and oxygen atoms in total. The lowest BCUT2D eigenvalue weighted by atomic mass is 9.90. The van der Waals surface area contributed by atoms with E-state index in [4.69, 9.17) is 4.74 Å². The summed E-state index contributed by atoms with van der Waals surface area (Å²) in [7, 11) is 0. The average Bonchev–Trinajstić information content (AvgIpc) is 3.37. The molecule has 1 N–H and O–H groups in total. The molecule has 2 aliphatic heterocycles. The standard InChI is InChI=1S/C23H24N4O2/c24-11-19-17-7-2-1-5-15(17)12-25-22(19)26-21-9-3-8-18-20(21)14-27(23(18)28)13-16-6-4-10-29-16/h3,8-9,12,16H,1-2,4-7,10,13-14H2,(H,25,26). The fourth-order valence-corrected chi connectivity index (χ4v) is 4.74. The van der Waals surface area contributed by atoms with Gasteiger partial charge in [0.1, 0.15) is 11.9 Å². The molecule has 1 atom stereocenters. The number of hydrogen-bond acceptors (Lipinski definition) is 5. The van der Waals surface area contributed by atoms with Crippen LogP contribution in [0.1, 0.15) is 58.3 Å². The Bertz CT molecular complexity index is 1000. The number of carbonyl (C=O) groups excluding carboxylic acids is 1. The van der Waals surface area contributed by atoms with Crippen molar-refractivity contribution in [2.24, 2.45) is 0 Å². The van der Waals surface area contributed by atoms with Crippen molar-refractivity contribution < 1.29 is 9.53 Å². The number of hydrogen-bond donors (Lipinski definition) is 1. The van der Waals surface area contributed by atoms with Crippen molar-refractivity contribution >= 4 is 17.4 Å². The minimum Gasteiger partial charge on any atom is -0.376 e. The van der Waals surface area contributed by atoms with Gasteiger partial charge in [-0.25, -0.2) is 4.98 Å². The third kappa shape index (κ3) is 3.26. The lowest BCUT2D eigenvalue weighted by molar-refractivity contribution is 0.0545. The SMILES string of the molecule is N#Cc1c(Nc2cccc3c2CN(CC2CCCO2)C3=O)ncc2c1CCCC2. The highest BCUT2D eigenvalue weighted by molar-refractivity contribution is 6.00. The van der Waals surface area contributed by atoms with E-state index in [0.717, 1.165) is 67.5 Å². The van der Waals surface area contributed by atoms with E-state index in [1.54, 1.807) is 0 Å². The molecule has 1 aromatic carbocycles. The van der Waals surface area contributed by atoms with Crippen molar-refractivity contribution in [3.63, 3.8) is 0 Å². The zero-order valence-corrected chi connectivity index (χ0v) is 16.4. The summed E-state index contributed by atoms with van der Waals surface area (Å²) in [6, 6.07) is 8.09. The van der Waals surface area contributed by atoms with Crippen LogP contribution >= 0.6 is 0 Å². The van der Waals surface area contributed by atoms with Crippen molar-refractivity contribution in [2.45, 2.75) is 51.2 Å². The number of nitrogens with one attached hydrogen (secondary N) is 1. The maximum atomic E-state index is 12.9. The molecule has 6 heteroatoms. The number of amides is 1. The summed E-state index contributed by atoms with van der Waals surface area (Å²) in [6.07, 6.45) is 8.29. The van der Waals surface area contributed by atoms with Gasteiger partial charge in [0.2, 0.25) is 0 Å². The number of carbonyl (C=O) groups is 1. The van der Waals surface area contributed by atoms with Gasteiger partial charge in [-0.15, -0.1) is 0 Å². The van der Waals surface area contributed by atoms with E-state index in [0.29, 0.717) is 24.5 Å². The van der Waals surface area contributed by atoms with Crippen LogP contribution in [0.3, 0.4) is 0 Å². The number of aromatic nitrogens is 1. The van der Waals surface area contributed by atoms with Crippen LogP contribution < -0.4 is 5.32 Å². The number of rotatable bonds is 4. The highest BCUT2D eigenvalue weighted by Gasteiger charge is 2.32. The minimum absolute atomic E-state index is 0.0538. The first-order chi connectivity index (χ1) is 14.2. The number of aryl methyl sites for hydroxylation is 1. The fourth-order valence-electron chi connectivity index (χ4n) is 4.74. The monoisotopic (exact) mass is 388 g/mol. The molecule has 1 aromatic heterocycles. The second kappa shape index (κ2) is 7.49. The number of nitriles is 1. The van der Waals surface area contributed by atoms with Gasteiger partial charge in [0.15, 0.2) is 0 Å². The first-order valence-electron chi connectivity index (χ1n) is 10.4. The van der Waals surface area contributed by atoms with E-state index in [-0.39, 0.29) is 12.0 Å². The molecule has 1 aliphatic carbocycles. The van der Waals surface area contributed by atoms with Crippen LogP contribution in [0.15, 0.2) is 24.4 Å². The second-order valence-electron chi connectivity index (χ2n) is 8.08. The zero-order valence-electron chi connectivity index (χ0n) is 16.4. The largest absolute Gasteiger partial charge is 0.376 e. The van der Waals surface area contributed by atoms with E-state index in [1.165, 1.54) is 5.56 Å². The van der Waals surface area contributed by atoms with Gasteiger partial charge >= 0.3 is 0 Å². The van der Waals surface area contributed by atoms with Gasteiger partial charge in [-0.3, -0.25) is 4.79 Å². The number of benzene rings is 1. The summed E-state index contributed by atoms with van der Waals surface area (Å²) in [5.41, 5.74) is 5.50. The molecule has 1 unspecified atom stereocenters. The van der Waals surface area contributed by atoms with E-state index in [2.05, 4.69) is 16.4 Å². The Hall–Kier alpha value is -2.91. The number of pyridine rings is 1. The molecule has 1 saturated heterocycles. The highest BCUT2D eigenvalue weighted by Crippen LogP contribution is 2.34. The summed E-state index contributed by atoms with van der Waals surface area (Å²) in [6.45, 7) is 1.98. The Morgan fingerprint density at radius 2 is 2.14 bits per heavy atom. The van der Waals surface area contributed by atoms with Crippen LogP contribution in [0.25, 0.3) is 0 Å². The molecule has 3 heterocycles. The van der Waals surface area contributed by atoms with Crippen LogP contribution in [-0.4, -0.2) is 35.0 Å². The Morgan fingerprint density at radius 1 is 1.24 bits per heavy atom. The lowest BCUT2D eigenvalue weighted by Crippen LogP contribution is -2.32. The van der Waals surface area contributed by atoms with Crippen molar-refractivity contribution in [3.05, 3.63) is 52.2 Å². The van der Waals surface area contributed by atoms with Gasteiger partial charge in [-0.05, 0) is 61.8 Å². The van der Waals surface area contributed by atoms with Gasteiger partial charge in [0.25, 0.3) is 5.91 Å². The molecule has 2 aromatic rings. The summed E-state index contributed by atoms with van der Waals surface area (Å²) in [5.74, 6) is 0.643. The van der Waals surface area contributed by atoms with E-state index < -0.39 is 0 Å². The predicted molar refractivity (Wildman–Crippen MR) is 109 cm³/mol. The van der Waals surface area contributed by atoms with Crippen molar-refractivity contribution in [2.75, 3.05) is 18.5 Å². The molecule has 29 heavy (non-hydrogen) atoms. The molecule has 3 aliphatic rings. The number of nitrogens with zero attached hydrogens (tertiary/aromatic N) is 3. The Kier molecular flexibility index (Phi) is 4.69. The number of fused-ring (bicyclic) bond motifs is 2. The minimum atomic E-state index is 0.0538. The van der Waals surface area contributed by atoms with Gasteiger partial charge < -0.3 is 15.0 Å². The van der Waals surface area contributed by atoms with Crippen molar-refractivity contribution in [1.29, 1.82) is 5.26 Å². The lowest BCUT2D eigenvalue weighted by Gasteiger charge is -2.20. The first-order valence-corrected chi connectivity index (χ1v) is 10.4. The Balaban J connectivity index is 1.43. The van der Waals surface area contributed by atoms with Gasteiger partial charge in [0, 0.05) is 42.7 Å². The predicted octanol–water partition coefficient (Wildman–Crippen LogP) is 3.71. The maximum Gasteiger partial charge on any atom is 0.254 e. The maximum absolute atomic E-state index is 12.9. The highest BCUT2D eigenvalue weighted by atomic mass is 16.5. The van der Waals surface area contributed by atoms with Crippen LogP contribution in [0.4, 0.5) is 11.5 Å². The second-order valence-corrected chi connectivity index (χ2v) is 8.08. The first kappa shape index (κ1) is 18.1. The van der Waals surface area contributed by atoms with Crippen molar-refractivity contribution in [1.82, 2.24) is 9.88 Å². The van der Waals surface area contributed by atoms with Crippen molar-refractivity contribution in [3.8, 4) is 6.07 Å². The molecule has 1 fully saturated rings. The summed E-state index contributed by atoms with van der Waals surface area (Å²) in [4.78, 5) is 19.3. The summed E-state index contributed by atoms with van der Waals surface area (Å²) < 4.78 is 5.72. The average molecular weight is 388 g/mol. The molecular formula is C23H24N4O2. The van der Waals surface area contributed by atoms with Gasteiger partial charge in [0.05, 0.1) is 11.7 Å². The third-order valence-electron chi connectivity index (χ3n) is 6.25. The smallest absolute Gasteiger partial charge is 0.254 e. The van der Waals surface area contributed by atoms with Crippen LogP contribution in [0.2, 0.25) is 0 Å². The van der Waals surface area contributed by atoms with Crippen LogP contribution in [0, 0.1) is 11.3 Å². The molecule has 148 valence electrons. The molecule has 0 saturated carbocycles. The van der Waals surface area contributed by atoms with E-state index >= 15 is 0 Å². The quantitative estimate of drug-likeness (QED) is 0.864. The van der Waals surface area contributed by atoms with Gasteiger partial charge in [-0.2, -0.15) is 5.26 Å². The summed E-state index contributed by atoms with van der Waals surface area (Å²) in [5, 5.41) is 13.1. The molecular weight excluding hydrogens is 364 g/mol. The molecule has 1 amide bonds. The number of ether oxygens (including phenoxy) is 1. The molecule has 5 rings (SSSR count). The fraction of sp³-hybridized carbons (Fsp3) is 0.435. The van der Waals surface area contributed by atoms with Gasteiger partial charge in [-0.1, -0.05) is 6.07 Å². The molecule has 0 bridgehead atoms. The Labute approximate surface area is 170 Å². The number of anilines is 2. The Morgan fingerprint density at radius 3 is 2.97 bits per heavy atom. The third-order valence-corrected chi connectivity index (χ3v) is 6.25. The molecule has 0 spiro atoms.